The van der Waals surface area contributed by atoms with Gasteiger partial charge in [-0.1, -0.05) is 23.7 Å². The average molecular weight is 527 g/mol. The first kappa shape index (κ1) is 27.4. The summed E-state index contributed by atoms with van der Waals surface area (Å²) in [4.78, 5) is 17.1. The van der Waals surface area contributed by atoms with Crippen LogP contribution in [0.25, 0.3) is 0 Å². The molecule has 0 aliphatic carbocycles. The van der Waals surface area contributed by atoms with E-state index in [9.17, 15) is 22.2 Å². The molecule has 1 heterocycles. The average Bonchev–Trinajstić information content (AvgIpc) is 2.75. The first-order valence-electron chi connectivity index (χ1n) is 11.4. The molecule has 3 rings (SSSR count). The lowest BCUT2D eigenvalue weighted by Gasteiger charge is -2.44. The molecule has 1 amide bonds. The maximum atomic E-state index is 13.2. The van der Waals surface area contributed by atoms with Crippen LogP contribution in [0.5, 0.6) is 5.75 Å². The molecule has 2 aromatic carbocycles. The number of nitrogens with zero attached hydrogens (tertiary/aromatic N) is 2. The molecular weight excluding hydrogens is 495 g/mol. The van der Waals surface area contributed by atoms with Crippen LogP contribution in [0, 0.1) is 5.82 Å². The van der Waals surface area contributed by atoms with Crippen molar-refractivity contribution in [2.24, 2.45) is 0 Å². The Morgan fingerprint density at radius 3 is 2.43 bits per heavy atom. The monoisotopic (exact) mass is 526 g/mol. The molecule has 192 valence electrons. The zero-order valence-electron chi connectivity index (χ0n) is 20.4. The Balaban J connectivity index is 1.64. The zero-order valence-corrected chi connectivity index (χ0v) is 21.9. The largest absolute Gasteiger partial charge is 0.483 e. The standard InChI is InChI=1S/C25H32ClFN2O5S/c1-17-14-29(18(2)13-28(17)15-19-5-8-22(27)9-6-19)24(30)16-34-23-10-7-21(26)11-20(23)12-25(3,4)35(31,32)33/h5-11,17-18H,12-16H2,1-4H3,(H,31,32,33)/t17-,18+/m0/s1. The van der Waals surface area contributed by atoms with Crippen LogP contribution < -0.4 is 4.74 Å². The molecule has 35 heavy (non-hydrogen) atoms. The molecule has 1 N–H and O–H groups in total. The van der Waals surface area contributed by atoms with Gasteiger partial charge >= 0.3 is 0 Å². The number of rotatable bonds is 8. The lowest BCUT2D eigenvalue weighted by molar-refractivity contribution is -0.139. The van der Waals surface area contributed by atoms with Crippen LogP contribution in [0.4, 0.5) is 4.39 Å². The Labute approximate surface area is 211 Å². The summed E-state index contributed by atoms with van der Waals surface area (Å²) in [7, 11) is -4.32. The Morgan fingerprint density at radius 1 is 1.14 bits per heavy atom. The Kier molecular flexibility index (Phi) is 8.47. The number of benzene rings is 2. The summed E-state index contributed by atoms with van der Waals surface area (Å²) in [6, 6.07) is 11.3. The normalized spacial score (nSPS) is 19.6. The molecule has 1 aliphatic heterocycles. The molecule has 1 fully saturated rings. The van der Waals surface area contributed by atoms with E-state index >= 15 is 0 Å². The van der Waals surface area contributed by atoms with Gasteiger partial charge in [0.1, 0.15) is 11.6 Å². The highest BCUT2D eigenvalue weighted by Crippen LogP contribution is 2.30. The molecule has 10 heteroatoms. The fourth-order valence-electron chi connectivity index (χ4n) is 4.19. The highest BCUT2D eigenvalue weighted by atomic mass is 35.5. The number of hydrogen-bond acceptors (Lipinski definition) is 5. The number of carbonyl (C=O) groups excluding carboxylic acids is 1. The third-order valence-electron chi connectivity index (χ3n) is 6.42. The van der Waals surface area contributed by atoms with Gasteiger partial charge in [0.15, 0.2) is 6.61 Å². The topological polar surface area (TPSA) is 87.2 Å². The molecule has 0 aromatic heterocycles. The van der Waals surface area contributed by atoms with Crippen LogP contribution >= 0.6 is 11.6 Å². The van der Waals surface area contributed by atoms with E-state index in [-0.39, 0.29) is 36.8 Å². The minimum atomic E-state index is -4.32. The van der Waals surface area contributed by atoms with Crippen LogP contribution in [-0.4, -0.2) is 65.2 Å². The van der Waals surface area contributed by atoms with Crippen molar-refractivity contribution < 1.29 is 26.9 Å². The zero-order chi connectivity index (χ0) is 26.0. The SMILES string of the molecule is C[C@@H]1CN(Cc2ccc(F)cc2)[C@@H](C)CN1C(=O)COc1ccc(Cl)cc1CC(C)(C)S(=O)(=O)O. The summed E-state index contributed by atoms with van der Waals surface area (Å²) in [6.07, 6.45) is -0.0363. The Bertz CT molecular complexity index is 1160. The van der Waals surface area contributed by atoms with Crippen molar-refractivity contribution in [3.8, 4) is 5.75 Å². The molecule has 2 atom stereocenters. The third kappa shape index (κ3) is 6.94. The minimum Gasteiger partial charge on any atom is -0.483 e. The summed E-state index contributed by atoms with van der Waals surface area (Å²) in [5, 5.41) is 0.393. The van der Waals surface area contributed by atoms with Gasteiger partial charge < -0.3 is 9.64 Å². The van der Waals surface area contributed by atoms with Crippen molar-refractivity contribution in [3.63, 3.8) is 0 Å². The summed E-state index contributed by atoms with van der Waals surface area (Å²) in [5.41, 5.74) is 1.50. The summed E-state index contributed by atoms with van der Waals surface area (Å²) >= 11 is 6.09. The van der Waals surface area contributed by atoms with Gasteiger partial charge in [0.05, 0.1) is 4.75 Å². The molecule has 0 spiro atoms. The van der Waals surface area contributed by atoms with E-state index in [0.717, 1.165) is 5.56 Å². The van der Waals surface area contributed by atoms with Gasteiger partial charge in [-0.15, -0.1) is 0 Å². The number of hydrogen-bond donors (Lipinski definition) is 1. The van der Waals surface area contributed by atoms with Gasteiger partial charge in [-0.3, -0.25) is 14.2 Å². The van der Waals surface area contributed by atoms with Gasteiger partial charge in [-0.2, -0.15) is 8.42 Å². The number of ether oxygens (including phenoxy) is 1. The van der Waals surface area contributed by atoms with E-state index in [1.54, 1.807) is 35.2 Å². The minimum absolute atomic E-state index is 0.0363. The first-order chi connectivity index (χ1) is 16.3. The van der Waals surface area contributed by atoms with Gasteiger partial charge in [0.2, 0.25) is 0 Å². The summed E-state index contributed by atoms with van der Waals surface area (Å²) < 4.78 is 50.6. The maximum Gasteiger partial charge on any atom is 0.270 e. The highest BCUT2D eigenvalue weighted by Gasteiger charge is 2.35. The number of piperazine rings is 1. The molecule has 0 unspecified atom stereocenters. The fraction of sp³-hybridized carbons (Fsp3) is 0.480. The molecule has 2 aromatic rings. The Morgan fingerprint density at radius 2 is 1.80 bits per heavy atom. The van der Waals surface area contributed by atoms with Crippen molar-refractivity contribution in [1.29, 1.82) is 0 Å². The third-order valence-corrected chi connectivity index (χ3v) is 8.20. The smallest absolute Gasteiger partial charge is 0.270 e. The molecular formula is C25H32ClFN2O5S. The van der Waals surface area contributed by atoms with Gasteiger partial charge in [0, 0.05) is 36.7 Å². The second-order valence-electron chi connectivity index (χ2n) is 9.75. The molecule has 1 aliphatic rings. The predicted octanol–water partition coefficient (Wildman–Crippen LogP) is 4.19. The number of amides is 1. The fourth-order valence-corrected chi connectivity index (χ4v) is 4.72. The second-order valence-corrected chi connectivity index (χ2v) is 12.2. The van der Waals surface area contributed by atoms with Crippen molar-refractivity contribution >= 4 is 27.6 Å². The van der Waals surface area contributed by atoms with Crippen LogP contribution in [0.15, 0.2) is 42.5 Å². The van der Waals surface area contributed by atoms with Gasteiger partial charge in [-0.25, -0.2) is 4.39 Å². The first-order valence-corrected chi connectivity index (χ1v) is 13.2. The van der Waals surface area contributed by atoms with E-state index < -0.39 is 14.9 Å². The van der Waals surface area contributed by atoms with Crippen LogP contribution in [0.3, 0.4) is 0 Å². The maximum absolute atomic E-state index is 13.2. The van der Waals surface area contributed by atoms with E-state index in [1.165, 1.54) is 26.0 Å². The van der Waals surface area contributed by atoms with Crippen LogP contribution in [0.1, 0.15) is 38.8 Å². The quantitative estimate of drug-likeness (QED) is 0.519. The van der Waals surface area contributed by atoms with Crippen molar-refractivity contribution in [3.05, 3.63) is 64.4 Å². The van der Waals surface area contributed by atoms with Crippen molar-refractivity contribution in [2.45, 2.75) is 57.5 Å². The van der Waals surface area contributed by atoms with E-state index in [4.69, 9.17) is 16.3 Å². The van der Waals surface area contributed by atoms with E-state index in [2.05, 4.69) is 4.90 Å². The molecule has 7 nitrogen and oxygen atoms in total. The Hall–Kier alpha value is -2.20. The van der Waals surface area contributed by atoms with Gasteiger partial charge in [0.25, 0.3) is 16.0 Å². The highest BCUT2D eigenvalue weighted by molar-refractivity contribution is 7.87. The second kappa shape index (κ2) is 10.8. The number of carbonyl (C=O) groups is 1. The summed E-state index contributed by atoms with van der Waals surface area (Å²) in [5.74, 6) is -0.105. The van der Waals surface area contributed by atoms with E-state index in [1.807, 2.05) is 13.8 Å². The summed E-state index contributed by atoms with van der Waals surface area (Å²) in [6.45, 7) is 8.49. The number of halogens is 2. The van der Waals surface area contributed by atoms with Gasteiger partial charge in [-0.05, 0) is 75.6 Å². The van der Waals surface area contributed by atoms with Crippen LogP contribution in [-0.2, 0) is 27.9 Å². The molecule has 0 radical (unpaired) electrons. The van der Waals surface area contributed by atoms with Crippen molar-refractivity contribution in [2.75, 3.05) is 19.7 Å². The van der Waals surface area contributed by atoms with Crippen LogP contribution in [0.2, 0.25) is 5.02 Å². The van der Waals surface area contributed by atoms with Crippen molar-refractivity contribution in [1.82, 2.24) is 9.80 Å². The lowest BCUT2D eigenvalue weighted by Crippen LogP contribution is -2.58. The van der Waals surface area contributed by atoms with E-state index in [0.29, 0.717) is 36.0 Å². The molecule has 0 saturated carbocycles. The lowest BCUT2D eigenvalue weighted by atomic mass is 10.0. The predicted molar refractivity (Wildman–Crippen MR) is 134 cm³/mol. The molecule has 1 saturated heterocycles. The molecule has 0 bridgehead atoms.